The summed E-state index contributed by atoms with van der Waals surface area (Å²) in [5.74, 6) is 0. The summed E-state index contributed by atoms with van der Waals surface area (Å²) < 4.78 is 0. The van der Waals surface area contributed by atoms with Crippen molar-refractivity contribution in [1.29, 1.82) is 0 Å². The van der Waals surface area contributed by atoms with Crippen LogP contribution in [0.25, 0.3) is 0 Å². The van der Waals surface area contributed by atoms with E-state index in [0.29, 0.717) is 4.99 Å². The van der Waals surface area contributed by atoms with Crippen LogP contribution in [0.2, 0.25) is 0 Å². The van der Waals surface area contributed by atoms with Crippen LogP contribution in [-0.2, 0) is 0 Å². The first kappa shape index (κ1) is 12.9. The molecule has 1 aromatic carbocycles. The zero-order chi connectivity index (χ0) is 12.3. The van der Waals surface area contributed by atoms with Crippen molar-refractivity contribution in [2.45, 2.75) is 19.9 Å². The van der Waals surface area contributed by atoms with E-state index in [2.05, 4.69) is 0 Å². The van der Waals surface area contributed by atoms with Crippen molar-refractivity contribution in [3.63, 3.8) is 0 Å². The second kappa shape index (κ2) is 5.27. The first-order valence-corrected chi connectivity index (χ1v) is 5.62. The highest BCUT2D eigenvalue weighted by molar-refractivity contribution is 7.80. The van der Waals surface area contributed by atoms with Crippen LogP contribution in [0.15, 0.2) is 18.2 Å². The molecule has 88 valence electrons. The molecule has 0 fully saturated rings. The number of anilines is 1. The summed E-state index contributed by atoms with van der Waals surface area (Å²) in [5.41, 5.74) is 8.65. The Morgan fingerprint density at radius 3 is 2.69 bits per heavy atom. The second-order valence-corrected chi connectivity index (χ2v) is 4.47. The number of rotatable bonds is 4. The molecule has 0 radical (unpaired) electrons. The fourth-order valence-electron chi connectivity index (χ4n) is 1.50. The zero-order valence-corrected chi connectivity index (χ0v) is 10.7. The number of aryl methyl sites for hydroxylation is 1. The van der Waals surface area contributed by atoms with Gasteiger partial charge in [0.2, 0.25) is 0 Å². The normalized spacial score (nSPS) is 12.2. The molecule has 0 saturated carbocycles. The minimum Gasteiger partial charge on any atom is -0.394 e. The third-order valence-corrected chi connectivity index (χ3v) is 2.94. The van der Waals surface area contributed by atoms with Gasteiger partial charge in [-0.3, -0.25) is 0 Å². The van der Waals surface area contributed by atoms with Gasteiger partial charge in [0, 0.05) is 24.3 Å². The van der Waals surface area contributed by atoms with Crippen LogP contribution in [0, 0.1) is 6.92 Å². The highest BCUT2D eigenvalue weighted by Crippen LogP contribution is 2.22. The molecule has 3 N–H and O–H groups in total. The number of aliphatic hydroxyl groups is 1. The smallest absolute Gasteiger partial charge is 0.106 e. The molecule has 0 aliphatic carbocycles. The summed E-state index contributed by atoms with van der Waals surface area (Å²) in [4.78, 5) is 2.37. The summed E-state index contributed by atoms with van der Waals surface area (Å²) in [6.45, 7) is 4.07. The topological polar surface area (TPSA) is 49.5 Å². The minimum atomic E-state index is 0.0369. The van der Waals surface area contributed by atoms with Crippen molar-refractivity contribution in [2.75, 3.05) is 18.6 Å². The molecule has 0 aromatic heterocycles. The molecule has 0 bridgehead atoms. The Bertz CT molecular complexity index is 393. The van der Waals surface area contributed by atoms with E-state index >= 15 is 0 Å². The number of nitrogens with two attached hydrogens (primary N) is 1. The largest absolute Gasteiger partial charge is 0.394 e. The fourth-order valence-corrected chi connectivity index (χ4v) is 1.67. The maximum atomic E-state index is 9.16. The van der Waals surface area contributed by atoms with Crippen LogP contribution < -0.4 is 10.6 Å². The van der Waals surface area contributed by atoms with Crippen LogP contribution in [0.5, 0.6) is 0 Å². The van der Waals surface area contributed by atoms with Crippen LogP contribution in [0.1, 0.15) is 18.1 Å². The van der Waals surface area contributed by atoms with E-state index in [-0.39, 0.29) is 12.6 Å². The zero-order valence-electron chi connectivity index (χ0n) is 9.90. The average molecular weight is 238 g/mol. The summed E-state index contributed by atoms with van der Waals surface area (Å²) in [5, 5.41) is 9.16. The van der Waals surface area contributed by atoms with E-state index in [0.717, 1.165) is 16.8 Å². The van der Waals surface area contributed by atoms with Gasteiger partial charge in [0.25, 0.3) is 0 Å². The Morgan fingerprint density at radius 2 is 2.19 bits per heavy atom. The third kappa shape index (κ3) is 2.71. The Balaban J connectivity index is 3.19. The standard InChI is InChI=1S/C12H18N2OS/c1-8-4-5-10(12(13)16)11(6-8)14(3)9(2)7-15/h4-6,9,15H,7H2,1-3H3,(H2,13,16). The lowest BCUT2D eigenvalue weighted by molar-refractivity contribution is 0.270. The van der Waals surface area contributed by atoms with E-state index in [9.17, 15) is 0 Å². The number of hydrogen-bond donors (Lipinski definition) is 2. The number of likely N-dealkylation sites (N-methyl/N-ethyl adjacent to an activating group) is 1. The lowest BCUT2D eigenvalue weighted by atomic mass is 10.1. The molecule has 0 aliphatic rings. The van der Waals surface area contributed by atoms with Gasteiger partial charge in [0.05, 0.1) is 6.61 Å². The van der Waals surface area contributed by atoms with Gasteiger partial charge < -0.3 is 15.7 Å². The second-order valence-electron chi connectivity index (χ2n) is 4.03. The van der Waals surface area contributed by atoms with Crippen LogP contribution in [0.4, 0.5) is 5.69 Å². The quantitative estimate of drug-likeness (QED) is 0.780. The Morgan fingerprint density at radius 1 is 1.56 bits per heavy atom. The van der Waals surface area contributed by atoms with Crippen molar-refractivity contribution in [3.05, 3.63) is 29.3 Å². The van der Waals surface area contributed by atoms with E-state index < -0.39 is 0 Å². The molecular weight excluding hydrogens is 220 g/mol. The Labute approximate surface area is 102 Å². The molecule has 0 saturated heterocycles. The first-order chi connectivity index (χ1) is 7.47. The fraction of sp³-hybridized carbons (Fsp3) is 0.417. The summed E-state index contributed by atoms with van der Waals surface area (Å²) in [7, 11) is 1.93. The van der Waals surface area contributed by atoms with Crippen molar-refractivity contribution in [3.8, 4) is 0 Å². The van der Waals surface area contributed by atoms with E-state index in [4.69, 9.17) is 23.1 Å². The molecule has 1 atom stereocenters. The molecular formula is C12H18N2OS. The number of nitrogens with zero attached hydrogens (tertiary/aromatic N) is 1. The minimum absolute atomic E-state index is 0.0369. The van der Waals surface area contributed by atoms with Crippen molar-refractivity contribution >= 4 is 22.9 Å². The van der Waals surface area contributed by atoms with Crippen LogP contribution in [0.3, 0.4) is 0 Å². The Hall–Kier alpha value is -1.13. The summed E-state index contributed by atoms with van der Waals surface area (Å²) in [6, 6.07) is 5.97. The molecule has 0 aliphatic heterocycles. The lowest BCUT2D eigenvalue weighted by Crippen LogP contribution is -2.33. The highest BCUT2D eigenvalue weighted by Gasteiger charge is 2.14. The van der Waals surface area contributed by atoms with Gasteiger partial charge in [0.1, 0.15) is 4.99 Å². The maximum Gasteiger partial charge on any atom is 0.106 e. The van der Waals surface area contributed by atoms with E-state index in [1.807, 2.05) is 44.0 Å². The molecule has 4 heteroatoms. The monoisotopic (exact) mass is 238 g/mol. The molecule has 1 aromatic rings. The van der Waals surface area contributed by atoms with Crippen LogP contribution in [-0.4, -0.2) is 29.8 Å². The first-order valence-electron chi connectivity index (χ1n) is 5.21. The predicted molar refractivity (Wildman–Crippen MR) is 72.0 cm³/mol. The number of aliphatic hydroxyl groups excluding tert-OH is 1. The van der Waals surface area contributed by atoms with E-state index in [1.165, 1.54) is 0 Å². The predicted octanol–water partition coefficient (Wildman–Crippen LogP) is 1.45. The van der Waals surface area contributed by atoms with Gasteiger partial charge in [-0.1, -0.05) is 18.3 Å². The molecule has 0 spiro atoms. The maximum absolute atomic E-state index is 9.16. The lowest BCUT2D eigenvalue weighted by Gasteiger charge is -2.27. The van der Waals surface area contributed by atoms with Gasteiger partial charge in [-0.25, -0.2) is 0 Å². The number of benzene rings is 1. The van der Waals surface area contributed by atoms with Gasteiger partial charge in [-0.2, -0.15) is 0 Å². The van der Waals surface area contributed by atoms with Crippen LogP contribution >= 0.6 is 12.2 Å². The summed E-state index contributed by atoms with van der Waals surface area (Å²) >= 11 is 5.02. The van der Waals surface area contributed by atoms with Gasteiger partial charge in [-0.05, 0) is 31.5 Å². The average Bonchev–Trinajstić information content (AvgIpc) is 2.26. The highest BCUT2D eigenvalue weighted by atomic mass is 32.1. The van der Waals surface area contributed by atoms with E-state index in [1.54, 1.807) is 0 Å². The van der Waals surface area contributed by atoms with Gasteiger partial charge in [0.15, 0.2) is 0 Å². The molecule has 1 rings (SSSR count). The molecule has 0 amide bonds. The third-order valence-electron chi connectivity index (χ3n) is 2.72. The number of hydrogen-bond acceptors (Lipinski definition) is 3. The molecule has 1 unspecified atom stereocenters. The van der Waals surface area contributed by atoms with Gasteiger partial charge >= 0.3 is 0 Å². The molecule has 3 nitrogen and oxygen atoms in total. The van der Waals surface area contributed by atoms with Crippen molar-refractivity contribution in [2.24, 2.45) is 5.73 Å². The Kier molecular flexibility index (Phi) is 4.26. The SMILES string of the molecule is Cc1ccc(C(N)=S)c(N(C)C(C)CO)c1. The number of thiocarbonyl (C=S) groups is 1. The van der Waals surface area contributed by atoms with Gasteiger partial charge in [-0.15, -0.1) is 0 Å². The summed E-state index contributed by atoms with van der Waals surface area (Å²) in [6.07, 6.45) is 0. The van der Waals surface area contributed by atoms with Crippen molar-refractivity contribution < 1.29 is 5.11 Å². The molecule has 0 heterocycles. The van der Waals surface area contributed by atoms with Crippen molar-refractivity contribution in [1.82, 2.24) is 0 Å². The molecule has 16 heavy (non-hydrogen) atoms.